The third-order valence-corrected chi connectivity index (χ3v) is 4.18. The van der Waals surface area contributed by atoms with Crippen molar-refractivity contribution in [2.45, 2.75) is 6.54 Å². The van der Waals surface area contributed by atoms with E-state index < -0.39 is 0 Å². The van der Waals surface area contributed by atoms with Crippen LogP contribution in [0, 0.1) is 0 Å². The van der Waals surface area contributed by atoms with E-state index in [9.17, 15) is 4.79 Å². The van der Waals surface area contributed by atoms with Gasteiger partial charge in [-0.05, 0) is 52.9 Å². The maximum Gasteiger partial charge on any atom is 0.244 e. The first-order chi connectivity index (χ1) is 12.3. The van der Waals surface area contributed by atoms with Gasteiger partial charge in [-0.1, -0.05) is 30.3 Å². The summed E-state index contributed by atoms with van der Waals surface area (Å²) in [5, 5.41) is 4.09. The maximum atomic E-state index is 12.3. The third-order valence-electron chi connectivity index (χ3n) is 4.18. The predicted molar refractivity (Wildman–Crippen MR) is 100 cm³/mol. The quantitative estimate of drug-likeness (QED) is 0.606. The van der Waals surface area contributed by atoms with Crippen molar-refractivity contribution >= 4 is 22.5 Å². The smallest absolute Gasteiger partial charge is 0.244 e. The van der Waals surface area contributed by atoms with Crippen LogP contribution in [0.2, 0.25) is 0 Å². The van der Waals surface area contributed by atoms with Crippen molar-refractivity contribution in [3.05, 3.63) is 85.3 Å². The number of rotatable bonds is 4. The molecule has 4 nitrogen and oxygen atoms in total. The van der Waals surface area contributed by atoms with Crippen LogP contribution >= 0.6 is 0 Å². The second-order valence-electron chi connectivity index (χ2n) is 5.86. The van der Waals surface area contributed by atoms with Gasteiger partial charge in [-0.15, -0.1) is 0 Å². The standard InChI is InChI=1S/C21H17N3O/c25-21(15-24-14-11-18-3-1-2-4-20(18)24)23-19-7-5-16(6-8-19)17-9-12-22-13-10-17/h1-14H,15H2,(H,23,25). The maximum absolute atomic E-state index is 12.3. The number of aromatic nitrogens is 2. The normalized spacial score (nSPS) is 10.7. The lowest BCUT2D eigenvalue weighted by atomic mass is 10.1. The zero-order valence-corrected chi connectivity index (χ0v) is 13.6. The van der Waals surface area contributed by atoms with Crippen LogP contribution in [0.3, 0.4) is 0 Å². The number of anilines is 1. The molecule has 2 aromatic heterocycles. The Morgan fingerprint density at radius 3 is 2.40 bits per heavy atom. The number of benzene rings is 2. The van der Waals surface area contributed by atoms with Gasteiger partial charge in [-0.25, -0.2) is 0 Å². The fourth-order valence-electron chi connectivity index (χ4n) is 2.92. The van der Waals surface area contributed by atoms with Gasteiger partial charge in [0.05, 0.1) is 0 Å². The van der Waals surface area contributed by atoms with Gasteiger partial charge >= 0.3 is 0 Å². The van der Waals surface area contributed by atoms with Gasteiger partial charge in [0, 0.05) is 29.8 Å². The molecule has 2 heterocycles. The summed E-state index contributed by atoms with van der Waals surface area (Å²) >= 11 is 0. The molecule has 1 amide bonds. The number of nitrogens with one attached hydrogen (secondary N) is 1. The first-order valence-electron chi connectivity index (χ1n) is 8.14. The van der Waals surface area contributed by atoms with E-state index in [1.54, 1.807) is 12.4 Å². The molecule has 4 aromatic rings. The van der Waals surface area contributed by atoms with Gasteiger partial charge in [0.25, 0.3) is 0 Å². The van der Waals surface area contributed by atoms with Crippen molar-refractivity contribution in [1.29, 1.82) is 0 Å². The summed E-state index contributed by atoms with van der Waals surface area (Å²) in [6.07, 6.45) is 5.48. The van der Waals surface area contributed by atoms with Crippen molar-refractivity contribution in [2.75, 3.05) is 5.32 Å². The molecule has 122 valence electrons. The second-order valence-corrected chi connectivity index (χ2v) is 5.86. The third kappa shape index (κ3) is 3.28. The lowest BCUT2D eigenvalue weighted by Gasteiger charge is -2.08. The molecule has 25 heavy (non-hydrogen) atoms. The molecule has 0 aliphatic heterocycles. The summed E-state index contributed by atoms with van der Waals surface area (Å²) in [5.74, 6) is -0.0435. The molecule has 4 heteroatoms. The first-order valence-corrected chi connectivity index (χ1v) is 8.14. The molecule has 0 saturated carbocycles. The van der Waals surface area contributed by atoms with Crippen LogP contribution in [0.15, 0.2) is 85.3 Å². The summed E-state index contributed by atoms with van der Waals surface area (Å²) < 4.78 is 1.95. The van der Waals surface area contributed by atoms with Crippen LogP contribution in [0.4, 0.5) is 5.69 Å². The number of hydrogen-bond acceptors (Lipinski definition) is 2. The lowest BCUT2D eigenvalue weighted by molar-refractivity contribution is -0.116. The highest BCUT2D eigenvalue weighted by Gasteiger charge is 2.07. The van der Waals surface area contributed by atoms with Gasteiger partial charge in [0.2, 0.25) is 5.91 Å². The molecule has 1 N–H and O–H groups in total. The molecule has 0 spiro atoms. The van der Waals surface area contributed by atoms with Crippen molar-refractivity contribution in [3.63, 3.8) is 0 Å². The van der Waals surface area contributed by atoms with Gasteiger partial charge in [0.1, 0.15) is 6.54 Å². The molecule has 0 aliphatic rings. The Morgan fingerprint density at radius 2 is 1.60 bits per heavy atom. The first kappa shape index (κ1) is 15.1. The number of fused-ring (bicyclic) bond motifs is 1. The van der Waals surface area contributed by atoms with Crippen LogP contribution in [-0.4, -0.2) is 15.5 Å². The number of hydrogen-bond donors (Lipinski definition) is 1. The van der Waals surface area contributed by atoms with E-state index in [2.05, 4.69) is 10.3 Å². The second kappa shape index (κ2) is 6.61. The number of para-hydroxylation sites is 1. The molecule has 0 fully saturated rings. The van der Waals surface area contributed by atoms with Crippen LogP contribution in [0.5, 0.6) is 0 Å². The minimum absolute atomic E-state index is 0.0435. The highest BCUT2D eigenvalue weighted by Crippen LogP contribution is 2.21. The number of pyridine rings is 1. The fourth-order valence-corrected chi connectivity index (χ4v) is 2.92. The zero-order valence-electron chi connectivity index (χ0n) is 13.6. The summed E-state index contributed by atoms with van der Waals surface area (Å²) in [7, 11) is 0. The summed E-state index contributed by atoms with van der Waals surface area (Å²) in [6.45, 7) is 0.291. The van der Waals surface area contributed by atoms with E-state index in [4.69, 9.17) is 0 Å². The number of carbonyl (C=O) groups excluding carboxylic acids is 1. The van der Waals surface area contributed by atoms with Crippen molar-refractivity contribution in [3.8, 4) is 11.1 Å². The number of amides is 1. The molecule has 2 aromatic carbocycles. The van der Waals surface area contributed by atoms with Gasteiger partial charge in [-0.2, -0.15) is 0 Å². The highest BCUT2D eigenvalue weighted by atomic mass is 16.1. The Hall–Kier alpha value is -3.40. The summed E-state index contributed by atoms with van der Waals surface area (Å²) in [4.78, 5) is 16.4. The largest absolute Gasteiger partial charge is 0.338 e. The molecule has 0 atom stereocenters. The monoisotopic (exact) mass is 327 g/mol. The molecular weight excluding hydrogens is 310 g/mol. The van der Waals surface area contributed by atoms with E-state index in [1.165, 1.54) is 0 Å². The van der Waals surface area contributed by atoms with Crippen molar-refractivity contribution < 1.29 is 4.79 Å². The molecule has 0 unspecified atom stereocenters. The molecule has 4 rings (SSSR count). The minimum atomic E-state index is -0.0435. The van der Waals surface area contributed by atoms with E-state index in [1.807, 2.05) is 77.5 Å². The average molecular weight is 327 g/mol. The predicted octanol–water partition coefficient (Wildman–Crippen LogP) is 4.34. The van der Waals surface area contributed by atoms with E-state index in [0.717, 1.165) is 27.7 Å². The Kier molecular flexibility index (Phi) is 4.01. The number of nitrogens with zero attached hydrogens (tertiary/aromatic N) is 2. The van der Waals surface area contributed by atoms with Crippen LogP contribution in [0.1, 0.15) is 0 Å². The minimum Gasteiger partial charge on any atom is -0.338 e. The molecule has 0 bridgehead atoms. The summed E-state index contributed by atoms with van der Waals surface area (Å²) in [6, 6.07) is 21.8. The van der Waals surface area contributed by atoms with E-state index >= 15 is 0 Å². The highest BCUT2D eigenvalue weighted by molar-refractivity contribution is 5.92. The Bertz CT molecular complexity index is 1000. The van der Waals surface area contributed by atoms with Crippen molar-refractivity contribution in [2.24, 2.45) is 0 Å². The van der Waals surface area contributed by atoms with Gasteiger partial charge in [-0.3, -0.25) is 9.78 Å². The van der Waals surface area contributed by atoms with E-state index in [-0.39, 0.29) is 5.91 Å². The Morgan fingerprint density at radius 1 is 0.880 bits per heavy atom. The van der Waals surface area contributed by atoms with Gasteiger partial charge < -0.3 is 9.88 Å². The SMILES string of the molecule is O=C(Cn1ccc2ccccc21)Nc1ccc(-c2ccncc2)cc1. The molecule has 0 radical (unpaired) electrons. The fraction of sp³-hybridized carbons (Fsp3) is 0.0476. The molecule has 0 aliphatic carbocycles. The average Bonchev–Trinajstić information content (AvgIpc) is 3.06. The van der Waals surface area contributed by atoms with Crippen molar-refractivity contribution in [1.82, 2.24) is 9.55 Å². The van der Waals surface area contributed by atoms with Crippen LogP contribution < -0.4 is 5.32 Å². The zero-order chi connectivity index (χ0) is 17.1. The van der Waals surface area contributed by atoms with Gasteiger partial charge in [0.15, 0.2) is 0 Å². The van der Waals surface area contributed by atoms with Crippen LogP contribution in [-0.2, 0) is 11.3 Å². The summed E-state index contributed by atoms with van der Waals surface area (Å²) in [5.41, 5.74) is 4.05. The van der Waals surface area contributed by atoms with Crippen LogP contribution in [0.25, 0.3) is 22.0 Å². The number of carbonyl (C=O) groups is 1. The Labute approximate surface area is 145 Å². The molecular formula is C21H17N3O. The lowest BCUT2D eigenvalue weighted by Crippen LogP contribution is -2.18. The molecule has 0 saturated heterocycles. The topological polar surface area (TPSA) is 46.9 Å². The Balaban J connectivity index is 1.46. The van der Waals surface area contributed by atoms with E-state index in [0.29, 0.717) is 6.54 Å².